The van der Waals surface area contributed by atoms with Crippen LogP contribution in [0.15, 0.2) is 24.3 Å². The smallest absolute Gasteiger partial charge is 0.344 e. The number of benzene rings is 1. The van der Waals surface area contributed by atoms with E-state index in [9.17, 15) is 9.59 Å². The maximum absolute atomic E-state index is 12.0. The van der Waals surface area contributed by atoms with Crippen molar-refractivity contribution in [1.82, 2.24) is 0 Å². The average molecular weight is 293 g/mol. The van der Waals surface area contributed by atoms with Crippen molar-refractivity contribution in [1.29, 1.82) is 0 Å². The first-order valence-electron chi connectivity index (χ1n) is 7.13. The van der Waals surface area contributed by atoms with Crippen LogP contribution in [-0.2, 0) is 14.3 Å². The molecule has 1 amide bonds. The van der Waals surface area contributed by atoms with Crippen LogP contribution in [0.2, 0.25) is 0 Å². The quantitative estimate of drug-likeness (QED) is 0.785. The number of esters is 1. The van der Waals surface area contributed by atoms with Gasteiger partial charge in [0.1, 0.15) is 5.75 Å². The zero-order valence-electron chi connectivity index (χ0n) is 13.0. The average Bonchev–Trinajstić information content (AvgIpc) is 2.45. The minimum atomic E-state index is -0.416. The first-order valence-corrected chi connectivity index (χ1v) is 7.13. The van der Waals surface area contributed by atoms with Crippen LogP contribution in [0.1, 0.15) is 27.7 Å². The largest absolute Gasteiger partial charge is 0.482 e. The second-order valence-corrected chi connectivity index (χ2v) is 5.14. The van der Waals surface area contributed by atoms with Crippen molar-refractivity contribution in [3.63, 3.8) is 0 Å². The van der Waals surface area contributed by atoms with Crippen LogP contribution < -0.4 is 10.1 Å². The van der Waals surface area contributed by atoms with E-state index in [-0.39, 0.29) is 24.3 Å². The van der Waals surface area contributed by atoms with E-state index in [1.54, 1.807) is 31.2 Å². The van der Waals surface area contributed by atoms with Gasteiger partial charge in [-0.2, -0.15) is 0 Å². The molecule has 5 nitrogen and oxygen atoms in total. The third-order valence-electron chi connectivity index (χ3n) is 3.18. The fourth-order valence-electron chi connectivity index (χ4n) is 1.57. The first kappa shape index (κ1) is 17.0. The van der Waals surface area contributed by atoms with E-state index in [2.05, 4.69) is 5.32 Å². The molecule has 0 fully saturated rings. The molecule has 0 aromatic heterocycles. The maximum Gasteiger partial charge on any atom is 0.344 e. The van der Waals surface area contributed by atoms with Crippen LogP contribution in [-0.4, -0.2) is 25.1 Å². The van der Waals surface area contributed by atoms with E-state index in [0.29, 0.717) is 18.0 Å². The molecule has 1 N–H and O–H groups in total. The van der Waals surface area contributed by atoms with Gasteiger partial charge in [-0.25, -0.2) is 4.79 Å². The number of hydrogen-bond acceptors (Lipinski definition) is 4. The molecule has 1 atom stereocenters. The lowest BCUT2D eigenvalue weighted by Gasteiger charge is -2.15. The Morgan fingerprint density at radius 2 is 1.95 bits per heavy atom. The Labute approximate surface area is 125 Å². The molecule has 0 aliphatic rings. The summed E-state index contributed by atoms with van der Waals surface area (Å²) in [4.78, 5) is 23.2. The van der Waals surface area contributed by atoms with Crippen molar-refractivity contribution in [3.05, 3.63) is 24.3 Å². The molecule has 1 aromatic rings. The van der Waals surface area contributed by atoms with Crippen LogP contribution in [0.3, 0.4) is 0 Å². The summed E-state index contributed by atoms with van der Waals surface area (Å²) in [5.74, 6) is 0.258. The van der Waals surface area contributed by atoms with Crippen LogP contribution in [0.4, 0.5) is 5.69 Å². The van der Waals surface area contributed by atoms with Gasteiger partial charge in [0.15, 0.2) is 6.61 Å². The van der Waals surface area contributed by atoms with Crippen LogP contribution in [0, 0.1) is 11.8 Å². The normalized spacial score (nSPS) is 11.9. The molecule has 1 unspecified atom stereocenters. The summed E-state index contributed by atoms with van der Waals surface area (Å²) in [6.07, 6.45) is 0. The molecular formula is C16H23NO4. The number of anilines is 1. The Morgan fingerprint density at radius 3 is 2.57 bits per heavy atom. The molecule has 1 rings (SSSR count). The highest BCUT2D eigenvalue weighted by molar-refractivity contribution is 5.92. The highest BCUT2D eigenvalue weighted by atomic mass is 16.6. The van der Waals surface area contributed by atoms with Gasteiger partial charge < -0.3 is 14.8 Å². The summed E-state index contributed by atoms with van der Waals surface area (Å²) in [5, 5.41) is 2.84. The molecule has 21 heavy (non-hydrogen) atoms. The molecule has 116 valence electrons. The minimum absolute atomic E-state index is 0.0347. The molecule has 0 aliphatic carbocycles. The van der Waals surface area contributed by atoms with Gasteiger partial charge in [0.2, 0.25) is 5.91 Å². The summed E-state index contributed by atoms with van der Waals surface area (Å²) in [6.45, 7) is 7.82. The van der Waals surface area contributed by atoms with Gasteiger partial charge >= 0.3 is 5.97 Å². The van der Waals surface area contributed by atoms with Crippen molar-refractivity contribution in [2.45, 2.75) is 27.7 Å². The summed E-state index contributed by atoms with van der Waals surface area (Å²) in [6, 6.07) is 6.95. The molecule has 0 saturated carbocycles. The van der Waals surface area contributed by atoms with Crippen molar-refractivity contribution in [2.75, 3.05) is 18.5 Å². The van der Waals surface area contributed by atoms with E-state index >= 15 is 0 Å². The minimum Gasteiger partial charge on any atom is -0.482 e. The third kappa shape index (κ3) is 5.85. The van der Waals surface area contributed by atoms with E-state index in [4.69, 9.17) is 9.47 Å². The summed E-state index contributed by atoms with van der Waals surface area (Å²) in [5.41, 5.74) is 0.647. The lowest BCUT2D eigenvalue weighted by atomic mass is 9.97. The number of carbonyl (C=O) groups excluding carboxylic acids is 2. The van der Waals surface area contributed by atoms with Crippen LogP contribution in [0.25, 0.3) is 0 Å². The maximum atomic E-state index is 12.0. The Kier molecular flexibility index (Phi) is 6.72. The van der Waals surface area contributed by atoms with Crippen molar-refractivity contribution < 1.29 is 19.1 Å². The number of hydrogen-bond donors (Lipinski definition) is 1. The predicted molar refractivity (Wildman–Crippen MR) is 81.2 cm³/mol. The van der Waals surface area contributed by atoms with Crippen molar-refractivity contribution in [3.8, 4) is 5.75 Å². The van der Waals surface area contributed by atoms with Crippen LogP contribution in [0.5, 0.6) is 5.75 Å². The lowest BCUT2D eigenvalue weighted by molar-refractivity contribution is -0.145. The predicted octanol–water partition coefficient (Wildman–Crippen LogP) is 2.86. The molecule has 0 saturated heterocycles. The topological polar surface area (TPSA) is 64.6 Å². The van der Waals surface area contributed by atoms with Gasteiger partial charge in [-0.1, -0.05) is 26.8 Å². The third-order valence-corrected chi connectivity index (χ3v) is 3.18. The Hall–Kier alpha value is -2.04. The molecule has 0 heterocycles. The Bertz CT molecular complexity index is 485. The van der Waals surface area contributed by atoms with E-state index in [1.165, 1.54) is 0 Å². The second kappa shape index (κ2) is 8.29. The Morgan fingerprint density at radius 1 is 1.24 bits per heavy atom. The van der Waals surface area contributed by atoms with Crippen LogP contribution >= 0.6 is 0 Å². The molecule has 5 heteroatoms. The zero-order valence-corrected chi connectivity index (χ0v) is 13.0. The Balaban J connectivity index is 2.60. The first-order chi connectivity index (χ1) is 9.93. The standard InChI is InChI=1S/C16H23NO4/c1-5-20-15(18)10-21-14-8-6-7-13(9-14)17-16(19)12(4)11(2)3/h6-9,11-12H,5,10H2,1-4H3,(H,17,19). The highest BCUT2D eigenvalue weighted by Crippen LogP contribution is 2.19. The summed E-state index contributed by atoms with van der Waals surface area (Å²) >= 11 is 0. The monoisotopic (exact) mass is 293 g/mol. The summed E-state index contributed by atoms with van der Waals surface area (Å²) < 4.78 is 10.1. The fraction of sp³-hybridized carbons (Fsp3) is 0.500. The lowest BCUT2D eigenvalue weighted by Crippen LogP contribution is -2.24. The van der Waals surface area contributed by atoms with Gasteiger partial charge in [-0.05, 0) is 25.0 Å². The number of nitrogens with one attached hydrogen (secondary N) is 1. The van der Waals surface area contributed by atoms with Gasteiger partial charge in [0.25, 0.3) is 0 Å². The SMILES string of the molecule is CCOC(=O)COc1cccc(NC(=O)C(C)C(C)C)c1. The number of amides is 1. The molecule has 0 radical (unpaired) electrons. The molecule has 0 bridgehead atoms. The van der Waals surface area contributed by atoms with Gasteiger partial charge in [-0.3, -0.25) is 4.79 Å². The van der Waals surface area contributed by atoms with E-state index in [1.807, 2.05) is 20.8 Å². The van der Waals surface area contributed by atoms with Gasteiger partial charge in [0, 0.05) is 17.7 Å². The molecule has 0 spiro atoms. The van der Waals surface area contributed by atoms with Crippen molar-refractivity contribution >= 4 is 17.6 Å². The van der Waals surface area contributed by atoms with E-state index in [0.717, 1.165) is 0 Å². The molecular weight excluding hydrogens is 270 g/mol. The number of carbonyl (C=O) groups is 2. The second-order valence-electron chi connectivity index (χ2n) is 5.14. The molecule has 1 aromatic carbocycles. The fourth-order valence-corrected chi connectivity index (χ4v) is 1.57. The zero-order chi connectivity index (χ0) is 15.8. The van der Waals surface area contributed by atoms with Crippen molar-refractivity contribution in [2.24, 2.45) is 11.8 Å². The number of rotatable bonds is 7. The van der Waals surface area contributed by atoms with E-state index < -0.39 is 5.97 Å². The summed E-state index contributed by atoms with van der Waals surface area (Å²) in [7, 11) is 0. The molecule has 0 aliphatic heterocycles. The van der Waals surface area contributed by atoms with Gasteiger partial charge in [0.05, 0.1) is 6.61 Å². The van der Waals surface area contributed by atoms with Gasteiger partial charge in [-0.15, -0.1) is 0 Å². The highest BCUT2D eigenvalue weighted by Gasteiger charge is 2.16. The number of ether oxygens (including phenoxy) is 2.